The van der Waals surface area contributed by atoms with Gasteiger partial charge in [0.15, 0.2) is 5.13 Å². The minimum atomic E-state index is -1.03. The van der Waals surface area contributed by atoms with Gasteiger partial charge in [-0.3, -0.25) is 9.59 Å². The Morgan fingerprint density at radius 3 is 2.71 bits per heavy atom. The van der Waals surface area contributed by atoms with E-state index in [-0.39, 0.29) is 11.3 Å². The zero-order valence-electron chi connectivity index (χ0n) is 14.4. The van der Waals surface area contributed by atoms with Gasteiger partial charge in [-0.15, -0.1) is 23.1 Å². The number of amides is 2. The Morgan fingerprint density at radius 2 is 2.07 bits per heavy atom. The first-order valence-electron chi connectivity index (χ1n) is 8.41. The molecule has 0 radical (unpaired) electrons. The van der Waals surface area contributed by atoms with E-state index in [4.69, 9.17) is 5.73 Å². The second-order valence-electron chi connectivity index (χ2n) is 6.31. The molecule has 2 unspecified atom stereocenters. The van der Waals surface area contributed by atoms with Gasteiger partial charge in [0, 0.05) is 11.1 Å². The molecular weight excluding hydrogens is 400 g/mol. The average molecular weight is 416 g/mol. The summed E-state index contributed by atoms with van der Waals surface area (Å²) in [5.41, 5.74) is 7.24. The van der Waals surface area contributed by atoms with Crippen molar-refractivity contribution in [2.75, 3.05) is 11.5 Å². The van der Waals surface area contributed by atoms with Gasteiger partial charge in [-0.2, -0.15) is 0 Å². The number of hydrogen-bond donors (Lipinski definition) is 3. The third-order valence-electron chi connectivity index (χ3n) is 4.57. The molecule has 0 saturated carbocycles. The van der Waals surface area contributed by atoms with Crippen molar-refractivity contribution in [3.63, 3.8) is 0 Å². The fourth-order valence-electron chi connectivity index (χ4n) is 3.19. The first-order valence-corrected chi connectivity index (χ1v) is 10.3. The smallest absolute Gasteiger partial charge is 0.327 e. The highest BCUT2D eigenvalue weighted by Crippen LogP contribution is 2.40. The number of thioether (sulfide) groups is 1. The molecule has 28 heavy (non-hydrogen) atoms. The van der Waals surface area contributed by atoms with Gasteiger partial charge in [-0.25, -0.2) is 9.78 Å². The summed E-state index contributed by atoms with van der Waals surface area (Å²) in [6, 6.07) is 7.68. The van der Waals surface area contributed by atoms with Crippen molar-refractivity contribution in [1.82, 2.24) is 15.2 Å². The lowest BCUT2D eigenvalue weighted by molar-refractivity contribution is -0.158. The topological polar surface area (TPSA) is 126 Å². The number of nitrogens with zero attached hydrogens (tertiary/aromatic N) is 2. The summed E-state index contributed by atoms with van der Waals surface area (Å²) in [7, 11) is 0. The van der Waals surface area contributed by atoms with E-state index in [0.717, 1.165) is 5.56 Å². The molecular formula is C18H16N4O4S2. The van der Waals surface area contributed by atoms with Crippen LogP contribution in [0.4, 0.5) is 5.13 Å². The van der Waals surface area contributed by atoms with Gasteiger partial charge < -0.3 is 21.1 Å². The Bertz CT molecular complexity index is 975. The number of nitrogen functional groups attached to an aromatic ring is 1. The van der Waals surface area contributed by atoms with E-state index in [0.29, 0.717) is 22.2 Å². The van der Waals surface area contributed by atoms with Crippen molar-refractivity contribution < 1.29 is 19.5 Å². The lowest BCUT2D eigenvalue weighted by Gasteiger charge is -2.43. The maximum Gasteiger partial charge on any atom is 0.327 e. The number of carbonyl (C=O) groups is 3. The number of nitrogens with two attached hydrogens (primary N) is 1. The molecule has 2 saturated heterocycles. The molecule has 1 aromatic carbocycles. The number of hydrogen-bond acceptors (Lipinski definition) is 7. The summed E-state index contributed by atoms with van der Waals surface area (Å²) in [4.78, 5) is 42.1. The Balaban J connectivity index is 1.57. The third kappa shape index (κ3) is 3.25. The first kappa shape index (κ1) is 18.5. The second-order valence-corrected chi connectivity index (χ2v) is 8.35. The number of carboxylic acid groups (broad SMARTS) is 1. The number of β-lactam (4-membered cyclic amide) rings is 1. The lowest BCUT2D eigenvalue weighted by atomic mass is 10.0. The van der Waals surface area contributed by atoms with Crippen molar-refractivity contribution in [3.8, 4) is 0 Å². The largest absolute Gasteiger partial charge is 0.480 e. The van der Waals surface area contributed by atoms with Crippen LogP contribution in [0.3, 0.4) is 0 Å². The summed E-state index contributed by atoms with van der Waals surface area (Å²) in [6.45, 7) is 0. The Hall–Kier alpha value is -2.85. The van der Waals surface area contributed by atoms with Gasteiger partial charge in [0.1, 0.15) is 17.5 Å². The van der Waals surface area contributed by atoms with E-state index >= 15 is 0 Å². The molecule has 2 aliphatic heterocycles. The number of aromatic nitrogens is 1. The summed E-state index contributed by atoms with van der Waals surface area (Å²) in [6.07, 6.45) is 1.69. The van der Waals surface area contributed by atoms with Crippen LogP contribution in [-0.2, 0) is 14.4 Å². The third-order valence-corrected chi connectivity index (χ3v) is 6.59. The first-order chi connectivity index (χ1) is 13.5. The summed E-state index contributed by atoms with van der Waals surface area (Å²) < 4.78 is 0. The number of aliphatic carboxylic acids is 1. The van der Waals surface area contributed by atoms with Gasteiger partial charge in [0.2, 0.25) is 5.91 Å². The molecule has 1 aromatic heterocycles. The molecule has 2 aliphatic rings. The molecule has 2 aromatic rings. The van der Waals surface area contributed by atoms with Crippen LogP contribution in [0.1, 0.15) is 11.3 Å². The quantitative estimate of drug-likeness (QED) is 0.492. The molecule has 2 fully saturated rings. The van der Waals surface area contributed by atoms with E-state index in [2.05, 4.69) is 10.3 Å². The molecule has 2 amide bonds. The standard InChI is InChI=1S/C18H16N4O4S2/c19-18-20-11(7-28-18)10(6-9-4-2-1-3-5-9)14(23)21-13-15(24)22-12(17(25)26)8-27-16(13)22/h1-7,12-13,16H,8H2,(H2,19,20)(H,21,23)(H,25,26)/t12?,13?,16-/m0/s1. The molecule has 8 nitrogen and oxygen atoms in total. The van der Waals surface area contributed by atoms with Crippen LogP contribution in [0.25, 0.3) is 11.6 Å². The number of fused-ring (bicyclic) bond motifs is 1. The van der Waals surface area contributed by atoms with Gasteiger partial charge in [-0.05, 0) is 11.6 Å². The number of benzene rings is 1. The van der Waals surface area contributed by atoms with Crippen molar-refractivity contribution >= 4 is 57.7 Å². The normalized spacial score (nSPS) is 23.9. The highest BCUT2D eigenvalue weighted by molar-refractivity contribution is 8.00. The molecule has 4 N–H and O–H groups in total. The highest BCUT2D eigenvalue weighted by atomic mass is 32.2. The summed E-state index contributed by atoms with van der Waals surface area (Å²) in [5.74, 6) is -1.55. The zero-order chi connectivity index (χ0) is 19.8. The number of rotatable bonds is 5. The van der Waals surface area contributed by atoms with E-state index in [1.165, 1.54) is 28.0 Å². The van der Waals surface area contributed by atoms with Crippen LogP contribution in [0.15, 0.2) is 35.7 Å². The van der Waals surface area contributed by atoms with Crippen LogP contribution in [0.2, 0.25) is 0 Å². The predicted molar refractivity (Wildman–Crippen MR) is 107 cm³/mol. The maximum absolute atomic E-state index is 13.0. The Kier molecular flexibility index (Phi) is 4.82. The van der Waals surface area contributed by atoms with Gasteiger partial charge in [0.25, 0.3) is 5.91 Å². The lowest BCUT2D eigenvalue weighted by Crippen LogP contribution is -2.70. The number of nitrogens with one attached hydrogen (secondary N) is 1. The molecule has 144 valence electrons. The van der Waals surface area contributed by atoms with E-state index in [1.807, 2.05) is 30.3 Å². The number of thiazole rings is 1. The number of carbonyl (C=O) groups excluding carboxylic acids is 2. The van der Waals surface area contributed by atoms with E-state index in [1.54, 1.807) is 11.5 Å². The highest BCUT2D eigenvalue weighted by Gasteiger charge is 2.57. The molecule has 0 spiro atoms. The second kappa shape index (κ2) is 7.28. The summed E-state index contributed by atoms with van der Waals surface area (Å²) >= 11 is 2.57. The van der Waals surface area contributed by atoms with Crippen molar-refractivity contribution in [2.24, 2.45) is 0 Å². The molecule has 3 heterocycles. The van der Waals surface area contributed by atoms with Crippen LogP contribution >= 0.6 is 23.1 Å². The van der Waals surface area contributed by atoms with Crippen molar-refractivity contribution in [1.29, 1.82) is 0 Å². The summed E-state index contributed by atoms with van der Waals surface area (Å²) in [5, 5.41) is 13.6. The molecule has 4 rings (SSSR count). The molecule has 10 heteroatoms. The van der Waals surface area contributed by atoms with Gasteiger partial charge >= 0.3 is 5.97 Å². The van der Waals surface area contributed by atoms with Crippen molar-refractivity contribution in [2.45, 2.75) is 17.5 Å². The number of carboxylic acids is 1. The van der Waals surface area contributed by atoms with Crippen LogP contribution < -0.4 is 11.1 Å². The minimum Gasteiger partial charge on any atom is -0.480 e. The van der Waals surface area contributed by atoms with Crippen LogP contribution in [0.5, 0.6) is 0 Å². The van der Waals surface area contributed by atoms with Gasteiger partial charge in [-0.1, -0.05) is 30.3 Å². The number of anilines is 1. The van der Waals surface area contributed by atoms with Crippen LogP contribution in [-0.4, -0.2) is 56.0 Å². The zero-order valence-corrected chi connectivity index (χ0v) is 16.1. The SMILES string of the molecule is Nc1nc(C(=Cc2ccccc2)C(=O)NC2C(=O)N3C(C(=O)O)CS[C@@H]23)cs1. The predicted octanol–water partition coefficient (Wildman–Crippen LogP) is 1.12. The minimum absolute atomic E-state index is 0.295. The molecule has 0 aliphatic carbocycles. The van der Waals surface area contributed by atoms with Crippen molar-refractivity contribution in [3.05, 3.63) is 47.0 Å². The fraction of sp³-hybridized carbons (Fsp3) is 0.222. The molecule has 0 bridgehead atoms. The van der Waals surface area contributed by atoms with Gasteiger partial charge in [0.05, 0.1) is 11.3 Å². The molecule has 3 atom stereocenters. The van der Waals surface area contributed by atoms with E-state index < -0.39 is 24.0 Å². The fourth-order valence-corrected chi connectivity index (χ4v) is 5.22. The Labute approximate surface area is 168 Å². The monoisotopic (exact) mass is 416 g/mol. The average Bonchev–Trinajstić information content (AvgIpc) is 3.29. The van der Waals surface area contributed by atoms with Crippen LogP contribution in [0, 0.1) is 0 Å². The maximum atomic E-state index is 13.0. The van der Waals surface area contributed by atoms with E-state index in [9.17, 15) is 19.5 Å². The Morgan fingerprint density at radius 1 is 1.32 bits per heavy atom.